The lowest BCUT2D eigenvalue weighted by molar-refractivity contribution is -0.115. The normalized spacial score (nSPS) is 12.0. The molecular formula is C17H15F2N5OS. The van der Waals surface area contributed by atoms with Crippen molar-refractivity contribution in [3.8, 4) is 5.69 Å². The molecule has 26 heavy (non-hydrogen) atoms. The number of rotatable bonds is 5. The van der Waals surface area contributed by atoms with Crippen LogP contribution in [0.1, 0.15) is 12.5 Å². The largest absolute Gasteiger partial charge is 0.325 e. The van der Waals surface area contributed by atoms with Crippen molar-refractivity contribution in [1.82, 2.24) is 20.2 Å². The number of benzene rings is 2. The Labute approximate surface area is 152 Å². The lowest BCUT2D eigenvalue weighted by Gasteiger charge is -2.12. The van der Waals surface area contributed by atoms with Gasteiger partial charge < -0.3 is 5.32 Å². The van der Waals surface area contributed by atoms with Crippen molar-refractivity contribution in [2.24, 2.45) is 0 Å². The second kappa shape index (κ2) is 7.61. The minimum Gasteiger partial charge on any atom is -0.325 e. The highest BCUT2D eigenvalue weighted by atomic mass is 32.2. The molecule has 1 unspecified atom stereocenters. The zero-order chi connectivity index (χ0) is 18.7. The predicted octanol–water partition coefficient (Wildman–Crippen LogP) is 3.37. The van der Waals surface area contributed by atoms with Crippen molar-refractivity contribution >= 4 is 23.4 Å². The van der Waals surface area contributed by atoms with Gasteiger partial charge in [0.15, 0.2) is 11.6 Å². The summed E-state index contributed by atoms with van der Waals surface area (Å²) in [6.45, 7) is 3.65. The van der Waals surface area contributed by atoms with E-state index >= 15 is 0 Å². The molecule has 0 radical (unpaired) electrons. The highest BCUT2D eigenvalue weighted by molar-refractivity contribution is 8.00. The number of nitrogens with zero attached hydrogens (tertiary/aromatic N) is 4. The number of anilines is 1. The third-order valence-electron chi connectivity index (χ3n) is 3.56. The van der Waals surface area contributed by atoms with Crippen LogP contribution >= 0.6 is 11.8 Å². The van der Waals surface area contributed by atoms with Crippen LogP contribution in [0.5, 0.6) is 0 Å². The summed E-state index contributed by atoms with van der Waals surface area (Å²) in [4.78, 5) is 12.3. The van der Waals surface area contributed by atoms with E-state index in [0.29, 0.717) is 5.16 Å². The van der Waals surface area contributed by atoms with E-state index in [4.69, 9.17) is 0 Å². The Morgan fingerprint density at radius 1 is 1.15 bits per heavy atom. The Balaban J connectivity index is 1.71. The van der Waals surface area contributed by atoms with E-state index in [0.717, 1.165) is 35.1 Å². The first-order chi connectivity index (χ1) is 12.4. The van der Waals surface area contributed by atoms with E-state index in [1.165, 1.54) is 10.7 Å². The number of halogens is 2. The molecule has 0 aliphatic heterocycles. The summed E-state index contributed by atoms with van der Waals surface area (Å²) in [6.07, 6.45) is 0. The quantitative estimate of drug-likeness (QED) is 0.692. The van der Waals surface area contributed by atoms with Crippen LogP contribution in [0.2, 0.25) is 0 Å². The minimum atomic E-state index is -1.02. The van der Waals surface area contributed by atoms with Crippen LogP contribution in [0, 0.1) is 18.6 Å². The number of hydrogen-bond acceptors (Lipinski definition) is 5. The zero-order valence-corrected chi connectivity index (χ0v) is 14.8. The molecule has 0 saturated carbocycles. The van der Waals surface area contributed by atoms with Crippen LogP contribution in [0.15, 0.2) is 47.6 Å². The second-order valence-electron chi connectivity index (χ2n) is 5.59. The summed E-state index contributed by atoms with van der Waals surface area (Å²) in [7, 11) is 0. The van der Waals surface area contributed by atoms with Gasteiger partial charge in [-0.1, -0.05) is 29.5 Å². The van der Waals surface area contributed by atoms with Crippen molar-refractivity contribution in [2.75, 3.05) is 5.32 Å². The fourth-order valence-corrected chi connectivity index (χ4v) is 2.94. The molecule has 0 saturated heterocycles. The van der Waals surface area contributed by atoms with E-state index in [-0.39, 0.29) is 11.6 Å². The molecular weight excluding hydrogens is 360 g/mol. The Morgan fingerprint density at radius 2 is 1.88 bits per heavy atom. The smallest absolute Gasteiger partial charge is 0.237 e. The number of thioether (sulfide) groups is 1. The van der Waals surface area contributed by atoms with Gasteiger partial charge in [0.2, 0.25) is 11.1 Å². The van der Waals surface area contributed by atoms with E-state index in [9.17, 15) is 13.6 Å². The lowest BCUT2D eigenvalue weighted by atomic mass is 10.2. The summed E-state index contributed by atoms with van der Waals surface area (Å²) in [6, 6.07) is 10.8. The highest BCUT2D eigenvalue weighted by Gasteiger charge is 2.19. The first-order valence-electron chi connectivity index (χ1n) is 7.72. The van der Waals surface area contributed by atoms with E-state index < -0.39 is 16.9 Å². The Hall–Kier alpha value is -2.81. The number of carbonyl (C=O) groups excluding carboxylic acids is 1. The standard InChI is InChI=1S/C17H15F2N5OS/c1-10-3-6-13(7-4-10)24-17(21-22-23-24)26-11(2)16(25)20-12-5-8-14(18)15(19)9-12/h3-9,11H,1-2H3,(H,20,25). The van der Waals surface area contributed by atoms with Gasteiger partial charge in [-0.3, -0.25) is 4.79 Å². The summed E-state index contributed by atoms with van der Waals surface area (Å²) in [5, 5.41) is 14.0. The van der Waals surface area contributed by atoms with Gasteiger partial charge in [0, 0.05) is 11.8 Å². The molecule has 0 spiro atoms. The maximum Gasteiger partial charge on any atom is 0.237 e. The van der Waals surface area contributed by atoms with Gasteiger partial charge in [-0.2, -0.15) is 4.68 Å². The van der Waals surface area contributed by atoms with Gasteiger partial charge in [0.05, 0.1) is 10.9 Å². The molecule has 0 fully saturated rings. The number of carbonyl (C=O) groups is 1. The Morgan fingerprint density at radius 3 is 2.58 bits per heavy atom. The van der Waals surface area contributed by atoms with Crippen molar-refractivity contribution in [3.63, 3.8) is 0 Å². The van der Waals surface area contributed by atoms with Crippen LogP contribution in [-0.2, 0) is 4.79 Å². The highest BCUT2D eigenvalue weighted by Crippen LogP contribution is 2.24. The van der Waals surface area contributed by atoms with E-state index in [1.54, 1.807) is 6.92 Å². The topological polar surface area (TPSA) is 72.7 Å². The molecule has 6 nitrogen and oxygen atoms in total. The molecule has 2 aromatic carbocycles. The summed E-state index contributed by atoms with van der Waals surface area (Å²) < 4.78 is 27.7. The zero-order valence-electron chi connectivity index (χ0n) is 14.0. The average Bonchev–Trinajstić information content (AvgIpc) is 3.07. The fraction of sp³-hybridized carbons (Fsp3) is 0.176. The summed E-state index contributed by atoms with van der Waals surface area (Å²) in [5.74, 6) is -2.37. The molecule has 0 aliphatic rings. The van der Waals surface area contributed by atoms with Crippen molar-refractivity contribution in [1.29, 1.82) is 0 Å². The van der Waals surface area contributed by atoms with Gasteiger partial charge >= 0.3 is 0 Å². The number of aryl methyl sites for hydroxylation is 1. The first kappa shape index (κ1) is 18.0. The Kier molecular flexibility index (Phi) is 5.27. The van der Waals surface area contributed by atoms with Crippen molar-refractivity contribution < 1.29 is 13.6 Å². The molecule has 1 atom stereocenters. The maximum absolute atomic E-state index is 13.2. The third kappa shape index (κ3) is 4.05. The van der Waals surface area contributed by atoms with Crippen molar-refractivity contribution in [3.05, 3.63) is 59.7 Å². The van der Waals surface area contributed by atoms with Crippen LogP contribution in [0.25, 0.3) is 5.69 Å². The SMILES string of the molecule is Cc1ccc(-n2nnnc2SC(C)C(=O)Nc2ccc(F)c(F)c2)cc1. The number of tetrazole rings is 1. The third-order valence-corrected chi connectivity index (χ3v) is 4.59. The number of amides is 1. The maximum atomic E-state index is 13.2. The van der Waals surface area contributed by atoms with Crippen LogP contribution < -0.4 is 5.32 Å². The van der Waals surface area contributed by atoms with Gasteiger partial charge in [0.1, 0.15) is 0 Å². The number of aromatic nitrogens is 4. The molecule has 3 rings (SSSR count). The van der Waals surface area contributed by atoms with Crippen LogP contribution in [0.4, 0.5) is 14.5 Å². The van der Waals surface area contributed by atoms with Gasteiger partial charge in [-0.25, -0.2) is 8.78 Å². The molecule has 1 N–H and O–H groups in total. The minimum absolute atomic E-state index is 0.180. The number of hydrogen-bond donors (Lipinski definition) is 1. The molecule has 0 bridgehead atoms. The summed E-state index contributed by atoms with van der Waals surface area (Å²) in [5.41, 5.74) is 2.06. The second-order valence-corrected chi connectivity index (χ2v) is 6.89. The monoisotopic (exact) mass is 375 g/mol. The molecule has 1 aromatic heterocycles. The predicted molar refractivity (Wildman–Crippen MR) is 94.2 cm³/mol. The van der Waals surface area contributed by atoms with Crippen LogP contribution in [0.3, 0.4) is 0 Å². The van der Waals surface area contributed by atoms with Gasteiger partial charge in [0.25, 0.3) is 0 Å². The van der Waals surface area contributed by atoms with Gasteiger partial charge in [-0.05, 0) is 48.5 Å². The van der Waals surface area contributed by atoms with Crippen LogP contribution in [-0.4, -0.2) is 31.4 Å². The average molecular weight is 375 g/mol. The Bertz CT molecular complexity index is 929. The first-order valence-corrected chi connectivity index (χ1v) is 8.60. The van der Waals surface area contributed by atoms with E-state index in [2.05, 4.69) is 20.8 Å². The molecule has 1 amide bonds. The number of nitrogens with one attached hydrogen (secondary N) is 1. The van der Waals surface area contributed by atoms with E-state index in [1.807, 2.05) is 31.2 Å². The molecule has 9 heteroatoms. The fourth-order valence-electron chi connectivity index (χ4n) is 2.13. The molecule has 1 heterocycles. The molecule has 3 aromatic rings. The van der Waals surface area contributed by atoms with Crippen molar-refractivity contribution in [2.45, 2.75) is 24.3 Å². The van der Waals surface area contributed by atoms with Gasteiger partial charge in [-0.15, -0.1) is 5.10 Å². The molecule has 0 aliphatic carbocycles. The molecule has 134 valence electrons. The summed E-state index contributed by atoms with van der Waals surface area (Å²) >= 11 is 1.16. The lowest BCUT2D eigenvalue weighted by Crippen LogP contribution is -2.23.